The van der Waals surface area contributed by atoms with Gasteiger partial charge in [0, 0.05) is 29.8 Å². The third-order valence-electron chi connectivity index (χ3n) is 4.40. The Morgan fingerprint density at radius 1 is 1.10 bits per heavy atom. The fourth-order valence-electron chi connectivity index (χ4n) is 2.71. The van der Waals surface area contributed by atoms with Crippen molar-refractivity contribution in [3.63, 3.8) is 0 Å². The van der Waals surface area contributed by atoms with Gasteiger partial charge in [-0.1, -0.05) is 45.2 Å². The highest BCUT2D eigenvalue weighted by Crippen LogP contribution is 2.27. The lowest BCUT2D eigenvalue weighted by Crippen LogP contribution is -2.31. The Morgan fingerprint density at radius 2 is 1.76 bits per heavy atom. The molecule has 0 amide bonds. The van der Waals surface area contributed by atoms with Crippen molar-refractivity contribution in [2.24, 2.45) is 11.7 Å². The van der Waals surface area contributed by atoms with Crippen LogP contribution < -0.4 is 10.6 Å². The highest BCUT2D eigenvalue weighted by atomic mass is 35.5. The first-order valence-electron chi connectivity index (χ1n) is 8.34. The summed E-state index contributed by atoms with van der Waals surface area (Å²) >= 11 is 6.19. The number of nitrogens with two attached hydrogens (primary N) is 1. The number of halogens is 1. The summed E-state index contributed by atoms with van der Waals surface area (Å²) in [5, 5.41) is 0.802. The Morgan fingerprint density at radius 3 is 2.29 bits per heavy atom. The van der Waals surface area contributed by atoms with E-state index in [9.17, 15) is 0 Å². The maximum Gasteiger partial charge on any atom is 0.0410 e. The van der Waals surface area contributed by atoms with Crippen molar-refractivity contribution in [2.75, 3.05) is 18.0 Å². The molecule has 1 rings (SSSR count). The summed E-state index contributed by atoms with van der Waals surface area (Å²) in [7, 11) is 0. The van der Waals surface area contributed by atoms with E-state index in [1.165, 1.54) is 24.1 Å². The number of anilines is 1. The fourth-order valence-corrected chi connectivity index (χ4v) is 2.90. The minimum absolute atomic E-state index is 0.203. The molecule has 0 aliphatic rings. The molecule has 0 radical (unpaired) electrons. The van der Waals surface area contributed by atoms with E-state index in [-0.39, 0.29) is 6.04 Å². The van der Waals surface area contributed by atoms with Crippen LogP contribution in [-0.2, 0) is 6.42 Å². The molecule has 0 saturated heterocycles. The molecule has 1 unspecified atom stereocenters. The van der Waals surface area contributed by atoms with Crippen molar-refractivity contribution in [3.8, 4) is 0 Å². The van der Waals surface area contributed by atoms with Crippen LogP contribution in [0.5, 0.6) is 0 Å². The van der Waals surface area contributed by atoms with Crippen LogP contribution in [0, 0.1) is 5.92 Å². The van der Waals surface area contributed by atoms with Gasteiger partial charge in [0.1, 0.15) is 0 Å². The predicted octanol–water partition coefficient (Wildman–Crippen LogP) is 4.88. The standard InChI is InChI=1S/C18H31ClN2/c1-5-14(6-2)13-21(8-4)18-10-9-16(19)11-15(18)12-17(20)7-3/h9-11,14,17H,5-8,12-13,20H2,1-4H3. The largest absolute Gasteiger partial charge is 0.371 e. The zero-order valence-electron chi connectivity index (χ0n) is 14.0. The number of hydrogen-bond donors (Lipinski definition) is 1. The van der Waals surface area contributed by atoms with Gasteiger partial charge < -0.3 is 10.6 Å². The van der Waals surface area contributed by atoms with Crippen LogP contribution in [0.15, 0.2) is 18.2 Å². The predicted molar refractivity (Wildman–Crippen MR) is 95.4 cm³/mol. The summed E-state index contributed by atoms with van der Waals surface area (Å²) in [5.74, 6) is 0.744. The third kappa shape index (κ3) is 5.52. The van der Waals surface area contributed by atoms with E-state index in [2.05, 4.69) is 44.7 Å². The molecule has 0 heterocycles. The Balaban J connectivity index is 3.01. The highest BCUT2D eigenvalue weighted by Gasteiger charge is 2.15. The average molecular weight is 311 g/mol. The number of hydrogen-bond acceptors (Lipinski definition) is 2. The maximum absolute atomic E-state index is 6.19. The molecule has 1 aromatic rings. The number of rotatable bonds is 9. The van der Waals surface area contributed by atoms with Crippen molar-refractivity contribution in [1.29, 1.82) is 0 Å². The molecule has 1 aromatic carbocycles. The van der Waals surface area contributed by atoms with E-state index in [0.717, 1.165) is 36.9 Å². The van der Waals surface area contributed by atoms with Crippen molar-refractivity contribution >= 4 is 17.3 Å². The van der Waals surface area contributed by atoms with Crippen molar-refractivity contribution < 1.29 is 0 Å². The lowest BCUT2D eigenvalue weighted by Gasteiger charge is -2.30. The number of nitrogens with zero attached hydrogens (tertiary/aromatic N) is 1. The van der Waals surface area contributed by atoms with E-state index < -0.39 is 0 Å². The second kappa shape index (κ2) is 9.32. The van der Waals surface area contributed by atoms with Gasteiger partial charge in [-0.3, -0.25) is 0 Å². The van der Waals surface area contributed by atoms with E-state index in [0.29, 0.717) is 0 Å². The van der Waals surface area contributed by atoms with Crippen LogP contribution in [-0.4, -0.2) is 19.1 Å². The van der Waals surface area contributed by atoms with E-state index in [4.69, 9.17) is 17.3 Å². The SMILES string of the molecule is CCC(N)Cc1cc(Cl)ccc1N(CC)CC(CC)CC. The molecule has 21 heavy (non-hydrogen) atoms. The van der Waals surface area contributed by atoms with Gasteiger partial charge in [-0.2, -0.15) is 0 Å². The Kier molecular flexibility index (Phi) is 8.13. The molecule has 2 nitrogen and oxygen atoms in total. The van der Waals surface area contributed by atoms with E-state index in [1.807, 2.05) is 6.07 Å². The molecule has 0 fully saturated rings. The monoisotopic (exact) mass is 310 g/mol. The molecule has 0 saturated carbocycles. The average Bonchev–Trinajstić information content (AvgIpc) is 2.49. The summed E-state index contributed by atoms with van der Waals surface area (Å²) in [5.41, 5.74) is 8.74. The van der Waals surface area contributed by atoms with Crippen LogP contribution in [0.3, 0.4) is 0 Å². The van der Waals surface area contributed by atoms with Crippen molar-refractivity contribution in [1.82, 2.24) is 0 Å². The van der Waals surface area contributed by atoms with Gasteiger partial charge in [0.05, 0.1) is 0 Å². The second-order valence-corrected chi connectivity index (χ2v) is 6.30. The molecule has 0 bridgehead atoms. The molecule has 3 heteroatoms. The van der Waals surface area contributed by atoms with Gasteiger partial charge in [-0.05, 0) is 49.4 Å². The van der Waals surface area contributed by atoms with Crippen LogP contribution >= 0.6 is 11.6 Å². The zero-order chi connectivity index (χ0) is 15.8. The van der Waals surface area contributed by atoms with Gasteiger partial charge in [-0.25, -0.2) is 0 Å². The summed E-state index contributed by atoms with van der Waals surface area (Å²) < 4.78 is 0. The lowest BCUT2D eigenvalue weighted by molar-refractivity contribution is 0.485. The third-order valence-corrected chi connectivity index (χ3v) is 4.64. The first kappa shape index (κ1) is 18.3. The van der Waals surface area contributed by atoms with Crippen molar-refractivity contribution in [3.05, 3.63) is 28.8 Å². The Labute approximate surface area is 135 Å². The van der Waals surface area contributed by atoms with Crippen LogP contribution in [0.4, 0.5) is 5.69 Å². The summed E-state index contributed by atoms with van der Waals surface area (Å²) in [6, 6.07) is 6.44. The molecule has 0 aliphatic carbocycles. The second-order valence-electron chi connectivity index (χ2n) is 5.87. The quantitative estimate of drug-likeness (QED) is 0.704. The summed E-state index contributed by atoms with van der Waals surface area (Å²) in [4.78, 5) is 2.48. The van der Waals surface area contributed by atoms with Crippen molar-refractivity contribution in [2.45, 2.75) is 59.4 Å². The first-order valence-corrected chi connectivity index (χ1v) is 8.72. The lowest BCUT2D eigenvalue weighted by atomic mass is 9.99. The summed E-state index contributed by atoms with van der Waals surface area (Å²) in [6.45, 7) is 11.0. The molecule has 120 valence electrons. The van der Waals surface area contributed by atoms with Crippen LogP contribution in [0.25, 0.3) is 0 Å². The molecule has 0 aliphatic heterocycles. The molecular weight excluding hydrogens is 280 g/mol. The van der Waals surface area contributed by atoms with Gasteiger partial charge >= 0.3 is 0 Å². The smallest absolute Gasteiger partial charge is 0.0410 e. The minimum atomic E-state index is 0.203. The minimum Gasteiger partial charge on any atom is -0.371 e. The van der Waals surface area contributed by atoms with Gasteiger partial charge in [0.2, 0.25) is 0 Å². The van der Waals surface area contributed by atoms with E-state index in [1.54, 1.807) is 0 Å². The molecular formula is C18H31ClN2. The van der Waals surface area contributed by atoms with Gasteiger partial charge in [0.15, 0.2) is 0 Å². The van der Waals surface area contributed by atoms with Gasteiger partial charge in [-0.15, -0.1) is 0 Å². The molecule has 0 aromatic heterocycles. The number of benzene rings is 1. The van der Waals surface area contributed by atoms with Crippen LogP contribution in [0.1, 0.15) is 52.5 Å². The normalized spacial score (nSPS) is 12.7. The topological polar surface area (TPSA) is 29.3 Å². The molecule has 2 N–H and O–H groups in total. The fraction of sp³-hybridized carbons (Fsp3) is 0.667. The van der Waals surface area contributed by atoms with Gasteiger partial charge in [0.25, 0.3) is 0 Å². The van der Waals surface area contributed by atoms with Crippen LogP contribution in [0.2, 0.25) is 5.02 Å². The first-order chi connectivity index (χ1) is 10.0. The maximum atomic E-state index is 6.19. The Bertz CT molecular complexity index is 416. The Hall–Kier alpha value is -0.730. The summed E-state index contributed by atoms with van der Waals surface area (Å²) in [6.07, 6.45) is 4.34. The van der Waals surface area contributed by atoms with E-state index >= 15 is 0 Å². The molecule has 0 spiro atoms. The zero-order valence-corrected chi connectivity index (χ0v) is 14.8. The molecule has 1 atom stereocenters. The highest BCUT2D eigenvalue weighted by molar-refractivity contribution is 6.30.